The molecule has 0 N–H and O–H groups in total. The number of halogens is 2. The molecule has 0 bridgehead atoms. The molecule has 3 rings (SSSR count). The predicted octanol–water partition coefficient (Wildman–Crippen LogP) is 4.82. The highest BCUT2D eigenvalue weighted by molar-refractivity contribution is 9.09. The Morgan fingerprint density at radius 1 is 1.38 bits per heavy atom. The van der Waals surface area contributed by atoms with E-state index in [1.807, 2.05) is 11.0 Å². The fraction of sp³-hybridized carbons (Fsp3) is 0.438. The van der Waals surface area contributed by atoms with Gasteiger partial charge in [0, 0.05) is 22.6 Å². The minimum atomic E-state index is -0.251. The fourth-order valence-corrected chi connectivity index (χ4v) is 3.92. The molecule has 1 fully saturated rings. The number of thiophene rings is 1. The summed E-state index contributed by atoms with van der Waals surface area (Å²) in [6.45, 7) is 0.789. The zero-order valence-electron chi connectivity index (χ0n) is 11.6. The van der Waals surface area contributed by atoms with Crippen molar-refractivity contribution in [2.45, 2.75) is 31.7 Å². The molecule has 0 spiro atoms. The van der Waals surface area contributed by atoms with E-state index in [9.17, 15) is 9.18 Å². The van der Waals surface area contributed by atoms with E-state index in [4.69, 9.17) is 0 Å². The van der Waals surface area contributed by atoms with Crippen LogP contribution in [0.3, 0.4) is 0 Å². The van der Waals surface area contributed by atoms with Crippen LogP contribution in [0.5, 0.6) is 0 Å². The third kappa shape index (κ3) is 3.14. The van der Waals surface area contributed by atoms with E-state index in [2.05, 4.69) is 15.9 Å². The first kappa shape index (κ1) is 15.0. The lowest BCUT2D eigenvalue weighted by molar-refractivity contribution is 0.0586. The molecule has 1 saturated carbocycles. The maximum absolute atomic E-state index is 13.3. The molecule has 1 amide bonds. The van der Waals surface area contributed by atoms with Crippen LogP contribution in [-0.2, 0) is 0 Å². The minimum absolute atomic E-state index is 0.0993. The lowest BCUT2D eigenvalue weighted by atomic mass is 9.91. The molecule has 1 aromatic heterocycles. The molecule has 0 aliphatic heterocycles. The Morgan fingerprint density at radius 3 is 2.86 bits per heavy atom. The van der Waals surface area contributed by atoms with Crippen LogP contribution in [0.4, 0.5) is 4.39 Å². The summed E-state index contributed by atoms with van der Waals surface area (Å²) in [6.07, 6.45) is 4.38. The Kier molecular flexibility index (Phi) is 4.60. The maximum atomic E-state index is 13.3. The molecular weight excluding hydrogens is 353 g/mol. The van der Waals surface area contributed by atoms with Gasteiger partial charge in [0.15, 0.2) is 0 Å². The van der Waals surface area contributed by atoms with Gasteiger partial charge in [-0.2, -0.15) is 0 Å². The van der Waals surface area contributed by atoms with Crippen LogP contribution in [0.2, 0.25) is 0 Å². The second-order valence-corrected chi connectivity index (χ2v) is 7.30. The van der Waals surface area contributed by atoms with Gasteiger partial charge in [0.05, 0.1) is 4.88 Å². The number of benzene rings is 1. The third-order valence-corrected chi connectivity index (χ3v) is 5.65. The number of alkyl halides is 1. The summed E-state index contributed by atoms with van der Waals surface area (Å²) in [4.78, 5) is 15.5. The Hall–Kier alpha value is -0.940. The zero-order valence-corrected chi connectivity index (χ0v) is 14.1. The quantitative estimate of drug-likeness (QED) is 0.691. The SMILES string of the molecule is O=C(c1cc2ccc(F)cc2s1)N(CCCBr)C1CCC1. The first-order chi connectivity index (χ1) is 10.2. The topological polar surface area (TPSA) is 20.3 Å². The van der Waals surface area contributed by atoms with Crippen LogP contribution in [-0.4, -0.2) is 28.7 Å². The highest BCUT2D eigenvalue weighted by Gasteiger charge is 2.29. The summed E-state index contributed by atoms with van der Waals surface area (Å²) >= 11 is 4.82. The molecule has 0 atom stereocenters. The Bertz CT molecular complexity index is 653. The van der Waals surface area contributed by atoms with Crippen molar-refractivity contribution in [3.05, 3.63) is 35.0 Å². The van der Waals surface area contributed by atoms with Crippen molar-refractivity contribution < 1.29 is 9.18 Å². The third-order valence-electron chi connectivity index (χ3n) is 4.00. The smallest absolute Gasteiger partial charge is 0.264 e. The van der Waals surface area contributed by atoms with Crippen LogP contribution in [0.1, 0.15) is 35.4 Å². The molecule has 2 aromatic rings. The standard InChI is InChI=1S/C16H17BrFNOS/c17-7-2-8-19(13-3-1-4-13)16(20)15-9-11-5-6-12(18)10-14(11)21-15/h5-6,9-10,13H,1-4,7-8H2. The number of rotatable bonds is 5. The molecule has 0 radical (unpaired) electrons. The van der Waals surface area contributed by atoms with Crippen molar-refractivity contribution in [3.8, 4) is 0 Å². The summed E-state index contributed by atoms with van der Waals surface area (Å²) in [5, 5.41) is 1.85. The molecule has 0 saturated heterocycles. The van der Waals surface area contributed by atoms with Crippen LogP contribution >= 0.6 is 27.3 Å². The van der Waals surface area contributed by atoms with Crippen molar-refractivity contribution in [2.24, 2.45) is 0 Å². The fourth-order valence-electron chi connectivity index (χ4n) is 2.63. The number of nitrogens with zero attached hydrogens (tertiary/aromatic N) is 1. The van der Waals surface area contributed by atoms with Gasteiger partial charge in [0.2, 0.25) is 0 Å². The summed E-state index contributed by atoms with van der Waals surface area (Å²) in [5.74, 6) is -0.152. The summed E-state index contributed by atoms with van der Waals surface area (Å²) < 4.78 is 14.1. The van der Waals surface area contributed by atoms with Crippen molar-refractivity contribution in [1.82, 2.24) is 4.90 Å². The summed E-state index contributed by atoms with van der Waals surface area (Å²) in [7, 11) is 0. The van der Waals surface area contributed by atoms with E-state index in [-0.39, 0.29) is 11.7 Å². The molecule has 1 aromatic carbocycles. The number of carbonyl (C=O) groups excluding carboxylic acids is 1. The van der Waals surface area contributed by atoms with E-state index in [0.717, 1.165) is 46.1 Å². The number of carbonyl (C=O) groups is 1. The highest BCUT2D eigenvalue weighted by atomic mass is 79.9. The normalized spacial score (nSPS) is 15.1. The van der Waals surface area contributed by atoms with Gasteiger partial charge < -0.3 is 4.90 Å². The molecule has 5 heteroatoms. The Labute approximate surface area is 136 Å². The van der Waals surface area contributed by atoms with Gasteiger partial charge in [-0.3, -0.25) is 4.79 Å². The van der Waals surface area contributed by atoms with Crippen molar-refractivity contribution in [3.63, 3.8) is 0 Å². The first-order valence-electron chi connectivity index (χ1n) is 7.25. The molecule has 1 aliphatic carbocycles. The number of hydrogen-bond acceptors (Lipinski definition) is 2. The molecule has 112 valence electrons. The second-order valence-electron chi connectivity index (χ2n) is 5.42. The maximum Gasteiger partial charge on any atom is 0.264 e. The van der Waals surface area contributed by atoms with Crippen LogP contribution in [0.25, 0.3) is 10.1 Å². The zero-order chi connectivity index (χ0) is 14.8. The van der Waals surface area contributed by atoms with Crippen LogP contribution < -0.4 is 0 Å². The van der Waals surface area contributed by atoms with E-state index >= 15 is 0 Å². The van der Waals surface area contributed by atoms with Crippen LogP contribution in [0.15, 0.2) is 24.3 Å². The highest BCUT2D eigenvalue weighted by Crippen LogP contribution is 2.31. The van der Waals surface area contributed by atoms with Gasteiger partial charge in [-0.05, 0) is 49.3 Å². The van der Waals surface area contributed by atoms with Crippen molar-refractivity contribution in [1.29, 1.82) is 0 Å². The lowest BCUT2D eigenvalue weighted by Crippen LogP contribution is -2.44. The molecular formula is C16H17BrFNOS. The molecule has 1 aliphatic rings. The summed E-state index contributed by atoms with van der Waals surface area (Å²) in [5.41, 5.74) is 0. The van der Waals surface area contributed by atoms with Crippen molar-refractivity contribution in [2.75, 3.05) is 11.9 Å². The Balaban J connectivity index is 1.85. The van der Waals surface area contributed by atoms with E-state index in [1.54, 1.807) is 6.07 Å². The van der Waals surface area contributed by atoms with Gasteiger partial charge in [-0.1, -0.05) is 22.0 Å². The number of amides is 1. The Morgan fingerprint density at radius 2 is 2.19 bits per heavy atom. The lowest BCUT2D eigenvalue weighted by Gasteiger charge is -2.37. The minimum Gasteiger partial charge on any atom is -0.335 e. The van der Waals surface area contributed by atoms with Gasteiger partial charge in [0.1, 0.15) is 5.82 Å². The molecule has 21 heavy (non-hydrogen) atoms. The first-order valence-corrected chi connectivity index (χ1v) is 9.19. The predicted molar refractivity (Wildman–Crippen MR) is 88.9 cm³/mol. The molecule has 0 unspecified atom stereocenters. The van der Waals surface area contributed by atoms with E-state index in [1.165, 1.54) is 29.9 Å². The summed E-state index contributed by atoms with van der Waals surface area (Å²) in [6, 6.07) is 6.96. The average Bonchev–Trinajstić information content (AvgIpc) is 2.83. The van der Waals surface area contributed by atoms with E-state index in [0.29, 0.717) is 6.04 Å². The van der Waals surface area contributed by atoms with Gasteiger partial charge >= 0.3 is 0 Å². The molecule has 1 heterocycles. The number of hydrogen-bond donors (Lipinski definition) is 0. The monoisotopic (exact) mass is 369 g/mol. The van der Waals surface area contributed by atoms with Gasteiger partial charge in [-0.25, -0.2) is 4.39 Å². The average molecular weight is 370 g/mol. The number of fused-ring (bicyclic) bond motifs is 1. The van der Waals surface area contributed by atoms with Gasteiger partial charge in [0.25, 0.3) is 5.91 Å². The van der Waals surface area contributed by atoms with Crippen molar-refractivity contribution >= 4 is 43.3 Å². The van der Waals surface area contributed by atoms with E-state index < -0.39 is 0 Å². The van der Waals surface area contributed by atoms with Crippen LogP contribution in [0, 0.1) is 5.82 Å². The second kappa shape index (κ2) is 6.44. The largest absolute Gasteiger partial charge is 0.335 e. The van der Waals surface area contributed by atoms with Gasteiger partial charge in [-0.15, -0.1) is 11.3 Å². The molecule has 2 nitrogen and oxygen atoms in total.